The number of hydrogen-bond acceptors (Lipinski definition) is 3. The van der Waals surface area contributed by atoms with E-state index in [2.05, 4.69) is 43.4 Å². The van der Waals surface area contributed by atoms with Gasteiger partial charge in [-0.2, -0.15) is 0 Å². The third kappa shape index (κ3) is 5.62. The summed E-state index contributed by atoms with van der Waals surface area (Å²) in [5.41, 5.74) is 2.01. The van der Waals surface area contributed by atoms with Crippen LogP contribution in [0.25, 0.3) is 0 Å². The van der Waals surface area contributed by atoms with Crippen LogP contribution in [0.3, 0.4) is 0 Å². The van der Waals surface area contributed by atoms with Crippen molar-refractivity contribution in [3.05, 3.63) is 64.4 Å². The van der Waals surface area contributed by atoms with Gasteiger partial charge in [0.25, 0.3) is 0 Å². The minimum atomic E-state index is -0.636. The number of aliphatic hydroxyl groups is 1. The number of halogens is 1. The van der Waals surface area contributed by atoms with E-state index in [1.807, 2.05) is 31.0 Å². The van der Waals surface area contributed by atoms with Crippen molar-refractivity contribution < 1.29 is 5.11 Å². The fourth-order valence-electron chi connectivity index (χ4n) is 2.27. The van der Waals surface area contributed by atoms with Gasteiger partial charge in [0.05, 0.1) is 12.6 Å². The summed E-state index contributed by atoms with van der Waals surface area (Å²) in [5, 5.41) is 13.5. The Morgan fingerprint density at radius 3 is 2.54 bits per heavy atom. The SMILES string of the molecule is CCNC(=NCC(O)c1ccncc1)N(C)Cc1ccc(Br)cc1. The van der Waals surface area contributed by atoms with Gasteiger partial charge in [0.2, 0.25) is 0 Å². The van der Waals surface area contributed by atoms with Crippen LogP contribution >= 0.6 is 15.9 Å². The molecule has 0 spiro atoms. The third-order valence-electron chi connectivity index (χ3n) is 3.53. The Morgan fingerprint density at radius 2 is 1.92 bits per heavy atom. The van der Waals surface area contributed by atoms with E-state index < -0.39 is 6.10 Å². The number of nitrogens with one attached hydrogen (secondary N) is 1. The van der Waals surface area contributed by atoms with E-state index in [9.17, 15) is 5.11 Å². The van der Waals surface area contributed by atoms with E-state index in [1.54, 1.807) is 24.5 Å². The van der Waals surface area contributed by atoms with E-state index in [0.717, 1.165) is 29.1 Å². The van der Waals surface area contributed by atoms with Gasteiger partial charge in [-0.15, -0.1) is 0 Å². The highest BCUT2D eigenvalue weighted by Crippen LogP contribution is 2.13. The summed E-state index contributed by atoms with van der Waals surface area (Å²) in [7, 11) is 1.99. The molecule has 0 bridgehead atoms. The van der Waals surface area contributed by atoms with Gasteiger partial charge >= 0.3 is 0 Å². The van der Waals surface area contributed by atoms with E-state index in [4.69, 9.17) is 0 Å². The second-order valence-electron chi connectivity index (χ2n) is 5.47. The highest BCUT2D eigenvalue weighted by Gasteiger charge is 2.10. The van der Waals surface area contributed by atoms with Gasteiger partial charge in [0.15, 0.2) is 5.96 Å². The predicted octanol–water partition coefficient (Wildman–Crippen LogP) is 2.98. The lowest BCUT2D eigenvalue weighted by Crippen LogP contribution is -2.38. The molecule has 1 unspecified atom stereocenters. The molecule has 0 saturated carbocycles. The lowest BCUT2D eigenvalue weighted by atomic mass is 10.1. The molecule has 1 heterocycles. The maximum Gasteiger partial charge on any atom is 0.194 e. The van der Waals surface area contributed by atoms with Crippen molar-refractivity contribution >= 4 is 21.9 Å². The molecule has 0 fully saturated rings. The van der Waals surface area contributed by atoms with Gasteiger partial charge in [-0.1, -0.05) is 28.1 Å². The normalized spacial score (nSPS) is 12.8. The van der Waals surface area contributed by atoms with Gasteiger partial charge < -0.3 is 15.3 Å². The van der Waals surface area contributed by atoms with Gasteiger partial charge in [-0.3, -0.25) is 9.98 Å². The molecule has 1 aromatic heterocycles. The molecule has 2 rings (SSSR count). The van der Waals surface area contributed by atoms with Crippen LogP contribution in [-0.4, -0.2) is 41.1 Å². The highest BCUT2D eigenvalue weighted by atomic mass is 79.9. The molecule has 0 aliphatic heterocycles. The second-order valence-corrected chi connectivity index (χ2v) is 6.39. The van der Waals surface area contributed by atoms with Crippen molar-refractivity contribution in [1.29, 1.82) is 0 Å². The number of hydrogen-bond donors (Lipinski definition) is 2. The summed E-state index contributed by atoms with van der Waals surface area (Å²) in [4.78, 5) is 10.6. The van der Waals surface area contributed by atoms with Crippen LogP contribution in [0, 0.1) is 0 Å². The van der Waals surface area contributed by atoms with Crippen LogP contribution in [0.15, 0.2) is 58.3 Å². The first-order valence-corrected chi connectivity index (χ1v) is 8.71. The Hall–Kier alpha value is -1.92. The maximum absolute atomic E-state index is 10.3. The standard InChI is InChI=1S/C18H23BrN4O/c1-3-21-18(22-12-17(24)15-8-10-20-11-9-15)23(2)13-14-4-6-16(19)7-5-14/h4-11,17,24H,3,12-13H2,1-2H3,(H,21,22). The zero-order chi connectivity index (χ0) is 17.4. The van der Waals surface area contributed by atoms with Crippen molar-refractivity contribution in [3.63, 3.8) is 0 Å². The zero-order valence-electron chi connectivity index (χ0n) is 14.0. The van der Waals surface area contributed by atoms with Gasteiger partial charge in [0, 0.05) is 37.0 Å². The highest BCUT2D eigenvalue weighted by molar-refractivity contribution is 9.10. The fraction of sp³-hybridized carbons (Fsp3) is 0.333. The van der Waals surface area contributed by atoms with Gasteiger partial charge in [0.1, 0.15) is 0 Å². The van der Waals surface area contributed by atoms with Crippen LogP contribution in [0.5, 0.6) is 0 Å². The van der Waals surface area contributed by atoms with Crippen molar-refractivity contribution in [1.82, 2.24) is 15.2 Å². The minimum absolute atomic E-state index is 0.303. The molecule has 24 heavy (non-hydrogen) atoms. The van der Waals surface area contributed by atoms with E-state index in [0.29, 0.717) is 6.54 Å². The Kier molecular flexibility index (Phi) is 7.21. The average molecular weight is 391 g/mol. The quantitative estimate of drug-likeness (QED) is 0.587. The number of aromatic nitrogens is 1. The molecule has 2 N–H and O–H groups in total. The fourth-order valence-corrected chi connectivity index (χ4v) is 2.54. The Morgan fingerprint density at radius 1 is 1.25 bits per heavy atom. The molecule has 128 valence electrons. The van der Waals surface area contributed by atoms with Crippen molar-refractivity contribution in [3.8, 4) is 0 Å². The van der Waals surface area contributed by atoms with E-state index in [1.165, 1.54) is 5.56 Å². The average Bonchev–Trinajstić information content (AvgIpc) is 2.61. The number of pyridine rings is 1. The van der Waals surface area contributed by atoms with Crippen LogP contribution in [0.2, 0.25) is 0 Å². The molecule has 1 atom stereocenters. The largest absolute Gasteiger partial charge is 0.386 e. The number of benzene rings is 1. The number of aliphatic hydroxyl groups excluding tert-OH is 1. The molecular formula is C18H23BrN4O. The summed E-state index contributed by atoms with van der Waals surface area (Å²) in [6.07, 6.45) is 2.71. The molecule has 5 nitrogen and oxygen atoms in total. The molecule has 6 heteroatoms. The summed E-state index contributed by atoms with van der Waals surface area (Å²) in [6, 6.07) is 11.8. The number of guanidine groups is 1. The predicted molar refractivity (Wildman–Crippen MR) is 101 cm³/mol. The Labute approximate surface area is 151 Å². The Balaban J connectivity index is 2.02. The van der Waals surface area contributed by atoms with Crippen molar-refractivity contribution in [2.75, 3.05) is 20.1 Å². The molecule has 0 saturated heterocycles. The molecule has 2 aromatic rings. The van der Waals surface area contributed by atoms with E-state index in [-0.39, 0.29) is 0 Å². The van der Waals surface area contributed by atoms with Gasteiger partial charge in [-0.25, -0.2) is 0 Å². The molecule has 0 amide bonds. The van der Waals surface area contributed by atoms with Crippen LogP contribution in [0.4, 0.5) is 0 Å². The molecule has 1 aromatic carbocycles. The molecule has 0 aliphatic rings. The second kappa shape index (κ2) is 9.39. The first kappa shape index (κ1) is 18.4. The Bertz CT molecular complexity index is 646. The van der Waals surface area contributed by atoms with Crippen molar-refractivity contribution in [2.24, 2.45) is 4.99 Å². The summed E-state index contributed by atoms with van der Waals surface area (Å²) < 4.78 is 1.06. The summed E-state index contributed by atoms with van der Waals surface area (Å²) in [5.74, 6) is 0.772. The van der Waals surface area contributed by atoms with Crippen LogP contribution in [-0.2, 0) is 6.54 Å². The van der Waals surface area contributed by atoms with E-state index >= 15 is 0 Å². The lowest BCUT2D eigenvalue weighted by molar-refractivity contribution is 0.186. The minimum Gasteiger partial charge on any atom is -0.386 e. The molecule has 0 radical (unpaired) electrons. The zero-order valence-corrected chi connectivity index (χ0v) is 15.6. The summed E-state index contributed by atoms with van der Waals surface area (Å²) >= 11 is 3.45. The monoisotopic (exact) mass is 390 g/mol. The smallest absolute Gasteiger partial charge is 0.194 e. The first-order chi connectivity index (χ1) is 11.6. The maximum atomic E-state index is 10.3. The topological polar surface area (TPSA) is 60.8 Å². The van der Waals surface area contributed by atoms with Crippen LogP contribution < -0.4 is 5.32 Å². The molecular weight excluding hydrogens is 368 g/mol. The number of rotatable bonds is 6. The van der Waals surface area contributed by atoms with Gasteiger partial charge in [-0.05, 0) is 42.3 Å². The lowest BCUT2D eigenvalue weighted by Gasteiger charge is -2.22. The summed E-state index contributed by atoms with van der Waals surface area (Å²) in [6.45, 7) is 3.85. The molecule has 0 aliphatic carbocycles. The first-order valence-electron chi connectivity index (χ1n) is 7.92. The number of nitrogens with zero attached hydrogens (tertiary/aromatic N) is 3. The third-order valence-corrected chi connectivity index (χ3v) is 4.06. The number of aliphatic imine (C=N–C) groups is 1. The van der Waals surface area contributed by atoms with Crippen molar-refractivity contribution in [2.45, 2.75) is 19.6 Å². The van der Waals surface area contributed by atoms with Crippen LogP contribution in [0.1, 0.15) is 24.2 Å².